The molecule has 0 bridgehead atoms. The van der Waals surface area contributed by atoms with Crippen molar-refractivity contribution >= 4 is 33.0 Å². The summed E-state index contributed by atoms with van der Waals surface area (Å²) in [5, 5.41) is 2.76. The summed E-state index contributed by atoms with van der Waals surface area (Å²) in [5.41, 5.74) is 1.35. The van der Waals surface area contributed by atoms with Gasteiger partial charge in [0, 0.05) is 24.3 Å². The summed E-state index contributed by atoms with van der Waals surface area (Å²) in [5.74, 6) is -0.672. The lowest BCUT2D eigenvalue weighted by atomic mass is 10.1. The Morgan fingerprint density at radius 3 is 2.77 bits per heavy atom. The van der Waals surface area contributed by atoms with Crippen LogP contribution in [-0.4, -0.2) is 38.3 Å². The topological polar surface area (TPSA) is 83.6 Å². The Bertz CT molecular complexity index is 714. The van der Waals surface area contributed by atoms with Gasteiger partial charge in [0.1, 0.15) is 0 Å². The SMILES string of the molecule is O=C(Nc1cccc(N2CCCC2=O)c1)[C@@H]1CCS(=O)(=O)C1. The molecule has 0 aromatic heterocycles. The van der Waals surface area contributed by atoms with Crippen molar-refractivity contribution in [3.63, 3.8) is 0 Å². The van der Waals surface area contributed by atoms with Crippen LogP contribution in [-0.2, 0) is 19.4 Å². The molecule has 6 nitrogen and oxygen atoms in total. The lowest BCUT2D eigenvalue weighted by molar-refractivity contribution is -0.119. The Morgan fingerprint density at radius 1 is 1.32 bits per heavy atom. The molecular weight excluding hydrogens is 304 g/mol. The van der Waals surface area contributed by atoms with E-state index in [9.17, 15) is 18.0 Å². The number of anilines is 2. The van der Waals surface area contributed by atoms with Crippen molar-refractivity contribution in [2.45, 2.75) is 19.3 Å². The average Bonchev–Trinajstić information content (AvgIpc) is 3.05. The average molecular weight is 322 g/mol. The standard InChI is InChI=1S/C15H18N2O4S/c18-14-5-2-7-17(14)13-4-1-3-12(9-13)16-15(19)11-6-8-22(20,21)10-11/h1,3-4,9,11H,2,5-8,10H2,(H,16,19)/t11-/m1/s1. The molecule has 0 unspecified atom stereocenters. The maximum absolute atomic E-state index is 12.1. The smallest absolute Gasteiger partial charge is 0.228 e. The molecule has 0 spiro atoms. The van der Waals surface area contributed by atoms with E-state index in [0.29, 0.717) is 25.1 Å². The van der Waals surface area contributed by atoms with Crippen LogP contribution in [0.1, 0.15) is 19.3 Å². The highest BCUT2D eigenvalue weighted by Crippen LogP contribution is 2.25. The first-order chi connectivity index (χ1) is 10.4. The number of nitrogens with one attached hydrogen (secondary N) is 1. The van der Waals surface area contributed by atoms with Crippen LogP contribution in [0.25, 0.3) is 0 Å². The van der Waals surface area contributed by atoms with Gasteiger partial charge in [-0.2, -0.15) is 0 Å². The lowest BCUT2D eigenvalue weighted by Gasteiger charge is -2.17. The zero-order valence-electron chi connectivity index (χ0n) is 12.1. The molecule has 2 amide bonds. The highest BCUT2D eigenvalue weighted by Gasteiger charge is 2.33. The van der Waals surface area contributed by atoms with Crippen LogP contribution in [0.4, 0.5) is 11.4 Å². The molecule has 7 heteroatoms. The number of hydrogen-bond donors (Lipinski definition) is 1. The minimum Gasteiger partial charge on any atom is -0.326 e. The lowest BCUT2D eigenvalue weighted by Crippen LogP contribution is -2.25. The third-order valence-electron chi connectivity index (χ3n) is 4.10. The molecule has 3 rings (SSSR count). The molecule has 0 aliphatic carbocycles. The highest BCUT2D eigenvalue weighted by molar-refractivity contribution is 7.91. The zero-order chi connectivity index (χ0) is 15.7. The van der Waals surface area contributed by atoms with E-state index in [1.165, 1.54) is 0 Å². The van der Waals surface area contributed by atoms with Crippen molar-refractivity contribution in [3.05, 3.63) is 24.3 Å². The fourth-order valence-electron chi connectivity index (χ4n) is 2.92. The van der Waals surface area contributed by atoms with Crippen LogP contribution in [0.15, 0.2) is 24.3 Å². The molecule has 2 heterocycles. The molecule has 118 valence electrons. The van der Waals surface area contributed by atoms with Gasteiger partial charge in [-0.05, 0) is 31.0 Å². The van der Waals surface area contributed by atoms with E-state index in [-0.39, 0.29) is 23.3 Å². The van der Waals surface area contributed by atoms with E-state index >= 15 is 0 Å². The monoisotopic (exact) mass is 322 g/mol. The molecule has 2 fully saturated rings. The van der Waals surface area contributed by atoms with Gasteiger partial charge in [0.15, 0.2) is 9.84 Å². The maximum atomic E-state index is 12.1. The first kappa shape index (κ1) is 15.0. The minimum atomic E-state index is -3.08. The molecule has 22 heavy (non-hydrogen) atoms. The van der Waals surface area contributed by atoms with Crippen molar-refractivity contribution in [3.8, 4) is 0 Å². The van der Waals surface area contributed by atoms with Crippen molar-refractivity contribution in [1.29, 1.82) is 0 Å². The Labute approximate surface area is 129 Å². The van der Waals surface area contributed by atoms with Crippen molar-refractivity contribution in [2.24, 2.45) is 5.92 Å². The summed E-state index contributed by atoms with van der Waals surface area (Å²) < 4.78 is 22.9. The van der Waals surface area contributed by atoms with Gasteiger partial charge in [-0.3, -0.25) is 9.59 Å². The predicted octanol–water partition coefficient (Wildman–Crippen LogP) is 1.19. The summed E-state index contributed by atoms with van der Waals surface area (Å²) >= 11 is 0. The summed E-state index contributed by atoms with van der Waals surface area (Å²) in [6.45, 7) is 0.692. The van der Waals surface area contributed by atoms with Crippen LogP contribution in [0.3, 0.4) is 0 Å². The second-order valence-electron chi connectivity index (χ2n) is 5.79. The molecule has 1 aromatic carbocycles. The predicted molar refractivity (Wildman–Crippen MR) is 83.4 cm³/mol. The first-order valence-electron chi connectivity index (χ1n) is 7.36. The fourth-order valence-corrected chi connectivity index (χ4v) is 4.66. The number of carbonyl (C=O) groups is 2. The molecule has 2 aliphatic rings. The highest BCUT2D eigenvalue weighted by atomic mass is 32.2. The number of sulfone groups is 1. The Balaban J connectivity index is 1.70. The van der Waals surface area contributed by atoms with E-state index in [1.807, 2.05) is 6.07 Å². The molecule has 0 radical (unpaired) electrons. The number of nitrogens with zero attached hydrogens (tertiary/aromatic N) is 1. The number of benzene rings is 1. The maximum Gasteiger partial charge on any atom is 0.228 e. The van der Waals surface area contributed by atoms with E-state index in [1.54, 1.807) is 23.1 Å². The van der Waals surface area contributed by atoms with Crippen LogP contribution < -0.4 is 10.2 Å². The van der Waals surface area contributed by atoms with Gasteiger partial charge in [0.25, 0.3) is 0 Å². The second-order valence-corrected chi connectivity index (χ2v) is 8.02. The summed E-state index contributed by atoms with van der Waals surface area (Å²) in [6.07, 6.45) is 1.77. The second kappa shape index (κ2) is 5.72. The van der Waals surface area contributed by atoms with Crippen LogP contribution in [0.5, 0.6) is 0 Å². The van der Waals surface area contributed by atoms with Crippen LogP contribution in [0.2, 0.25) is 0 Å². The molecular formula is C15H18N2O4S. The summed E-state index contributed by atoms with van der Waals surface area (Å²) in [4.78, 5) is 25.6. The molecule has 2 saturated heterocycles. The van der Waals surface area contributed by atoms with Gasteiger partial charge in [-0.15, -0.1) is 0 Å². The van der Waals surface area contributed by atoms with E-state index in [0.717, 1.165) is 12.1 Å². The van der Waals surface area contributed by atoms with Crippen LogP contribution in [0, 0.1) is 5.92 Å². The molecule has 1 aromatic rings. The van der Waals surface area contributed by atoms with Crippen molar-refractivity contribution < 1.29 is 18.0 Å². The Kier molecular flexibility index (Phi) is 3.90. The number of amides is 2. The number of hydrogen-bond acceptors (Lipinski definition) is 4. The van der Waals surface area contributed by atoms with Gasteiger partial charge in [-0.1, -0.05) is 6.07 Å². The normalized spacial score (nSPS) is 23.7. The Hall–Kier alpha value is -1.89. The van der Waals surface area contributed by atoms with Gasteiger partial charge >= 0.3 is 0 Å². The van der Waals surface area contributed by atoms with Crippen molar-refractivity contribution in [1.82, 2.24) is 0 Å². The largest absolute Gasteiger partial charge is 0.326 e. The summed E-state index contributed by atoms with van der Waals surface area (Å²) in [6, 6.07) is 7.11. The molecule has 1 atom stereocenters. The third kappa shape index (κ3) is 3.14. The number of rotatable bonds is 3. The van der Waals surface area contributed by atoms with E-state index in [4.69, 9.17) is 0 Å². The number of carbonyl (C=O) groups excluding carboxylic acids is 2. The Morgan fingerprint density at radius 2 is 2.14 bits per heavy atom. The third-order valence-corrected chi connectivity index (χ3v) is 5.87. The first-order valence-corrected chi connectivity index (χ1v) is 9.18. The fraction of sp³-hybridized carbons (Fsp3) is 0.467. The van der Waals surface area contributed by atoms with Gasteiger partial charge in [0.2, 0.25) is 11.8 Å². The zero-order valence-corrected chi connectivity index (χ0v) is 12.9. The molecule has 1 N–H and O–H groups in total. The van der Waals surface area contributed by atoms with Gasteiger partial charge < -0.3 is 10.2 Å². The van der Waals surface area contributed by atoms with Crippen LogP contribution >= 0.6 is 0 Å². The van der Waals surface area contributed by atoms with Gasteiger partial charge in [0.05, 0.1) is 17.4 Å². The summed E-state index contributed by atoms with van der Waals surface area (Å²) in [7, 11) is -3.08. The van der Waals surface area contributed by atoms with E-state index in [2.05, 4.69) is 5.32 Å². The quantitative estimate of drug-likeness (QED) is 0.906. The van der Waals surface area contributed by atoms with Crippen molar-refractivity contribution in [2.75, 3.05) is 28.3 Å². The molecule has 2 aliphatic heterocycles. The van der Waals surface area contributed by atoms with E-state index < -0.39 is 15.8 Å². The molecule has 0 saturated carbocycles. The van der Waals surface area contributed by atoms with Gasteiger partial charge in [-0.25, -0.2) is 8.42 Å². The minimum absolute atomic E-state index is 0.0768.